The lowest BCUT2D eigenvalue weighted by molar-refractivity contribution is 0.415. The lowest BCUT2D eigenvalue weighted by Gasteiger charge is -2.11. The van der Waals surface area contributed by atoms with Gasteiger partial charge in [0, 0.05) is 17.3 Å². The molecule has 8 heteroatoms. The van der Waals surface area contributed by atoms with E-state index in [2.05, 4.69) is 15.2 Å². The summed E-state index contributed by atoms with van der Waals surface area (Å²) in [5, 5.41) is 26.5. The zero-order chi connectivity index (χ0) is 15.7. The van der Waals surface area contributed by atoms with Crippen LogP contribution in [0.2, 0.25) is 0 Å². The second kappa shape index (κ2) is 5.59. The van der Waals surface area contributed by atoms with Gasteiger partial charge in [-0.3, -0.25) is 4.98 Å². The fourth-order valence-electron chi connectivity index (χ4n) is 2.23. The monoisotopic (exact) mass is 296 g/mol. The van der Waals surface area contributed by atoms with Crippen LogP contribution in [0.25, 0.3) is 22.2 Å². The maximum absolute atomic E-state index is 9.33. The Hall–Kier alpha value is -2.71. The Kier molecular flexibility index (Phi) is 3.62. The molecule has 0 unspecified atom stereocenters. The molecule has 0 aliphatic heterocycles. The Bertz CT molecular complexity index is 841. The second-order valence-electron chi connectivity index (χ2n) is 4.73. The number of rotatable bonds is 3. The Balaban J connectivity index is 2.19. The van der Waals surface area contributed by atoms with Crippen LogP contribution in [0, 0.1) is 0 Å². The van der Waals surface area contributed by atoms with Crippen molar-refractivity contribution >= 4 is 29.3 Å². The first-order chi connectivity index (χ1) is 10.6. The van der Waals surface area contributed by atoms with Crippen LogP contribution in [0.4, 0.5) is 5.69 Å². The molecule has 0 aliphatic carbocycles. The summed E-state index contributed by atoms with van der Waals surface area (Å²) in [6.45, 7) is 0. The van der Waals surface area contributed by atoms with Gasteiger partial charge in [0.25, 0.3) is 0 Å². The van der Waals surface area contributed by atoms with Gasteiger partial charge < -0.3 is 20.5 Å². The Morgan fingerprint density at radius 2 is 2.00 bits per heavy atom. The summed E-state index contributed by atoms with van der Waals surface area (Å²) in [6, 6.07) is 6.65. The highest BCUT2D eigenvalue weighted by Crippen LogP contribution is 2.30. The quantitative estimate of drug-likeness (QED) is 0.581. The minimum atomic E-state index is -1.56. The average molecular weight is 296 g/mol. The van der Waals surface area contributed by atoms with Crippen molar-refractivity contribution in [1.29, 1.82) is 0 Å². The second-order valence-corrected chi connectivity index (χ2v) is 4.73. The van der Waals surface area contributed by atoms with Gasteiger partial charge in [0.15, 0.2) is 0 Å². The van der Waals surface area contributed by atoms with E-state index in [4.69, 9.17) is 10.5 Å². The van der Waals surface area contributed by atoms with Crippen LogP contribution in [-0.2, 0) is 0 Å². The third-order valence-corrected chi connectivity index (χ3v) is 3.34. The van der Waals surface area contributed by atoms with Crippen molar-refractivity contribution in [3.63, 3.8) is 0 Å². The number of benzene rings is 1. The molecular weight excluding hydrogens is 283 g/mol. The Labute approximate surface area is 126 Å². The van der Waals surface area contributed by atoms with E-state index in [0.717, 1.165) is 0 Å². The van der Waals surface area contributed by atoms with E-state index in [-0.39, 0.29) is 0 Å². The Morgan fingerprint density at radius 1 is 1.18 bits per heavy atom. The van der Waals surface area contributed by atoms with E-state index in [1.807, 2.05) is 0 Å². The minimum absolute atomic E-state index is 0.356. The molecule has 7 nitrogen and oxygen atoms in total. The van der Waals surface area contributed by atoms with Gasteiger partial charge in [0.05, 0.1) is 19.0 Å². The van der Waals surface area contributed by atoms with Crippen LogP contribution in [0.3, 0.4) is 0 Å². The van der Waals surface area contributed by atoms with Gasteiger partial charge in [0.1, 0.15) is 16.8 Å². The normalized spacial score (nSPS) is 10.7. The van der Waals surface area contributed by atoms with Crippen molar-refractivity contribution < 1.29 is 14.8 Å². The molecule has 3 rings (SSSR count). The van der Waals surface area contributed by atoms with E-state index < -0.39 is 7.12 Å². The number of nitrogen functional groups attached to an aromatic ring is 1. The minimum Gasteiger partial charge on any atom is -0.496 e. The van der Waals surface area contributed by atoms with Gasteiger partial charge in [-0.1, -0.05) is 12.1 Å². The number of aromatic nitrogens is 3. The van der Waals surface area contributed by atoms with E-state index in [0.29, 0.717) is 39.1 Å². The first kappa shape index (κ1) is 14.2. The molecular formula is C14H13BN4O3. The molecule has 0 radical (unpaired) electrons. The van der Waals surface area contributed by atoms with Crippen molar-refractivity contribution in [2.24, 2.45) is 0 Å². The molecule has 0 saturated heterocycles. The van der Waals surface area contributed by atoms with Crippen LogP contribution < -0.4 is 15.9 Å². The Morgan fingerprint density at radius 3 is 2.73 bits per heavy atom. The molecule has 0 fully saturated rings. The molecule has 4 N–H and O–H groups in total. The molecule has 0 amide bonds. The van der Waals surface area contributed by atoms with Gasteiger partial charge in [-0.05, 0) is 17.6 Å². The molecule has 0 spiro atoms. The van der Waals surface area contributed by atoms with E-state index in [1.54, 1.807) is 37.6 Å². The summed E-state index contributed by atoms with van der Waals surface area (Å²) in [4.78, 5) is 4.30. The lowest BCUT2D eigenvalue weighted by atomic mass is 9.79. The van der Waals surface area contributed by atoms with Gasteiger partial charge in [0.2, 0.25) is 0 Å². The zero-order valence-corrected chi connectivity index (χ0v) is 11.8. The van der Waals surface area contributed by atoms with E-state index in [9.17, 15) is 10.0 Å². The molecule has 2 aromatic heterocycles. The highest BCUT2D eigenvalue weighted by Gasteiger charge is 2.16. The van der Waals surface area contributed by atoms with E-state index in [1.165, 1.54) is 6.20 Å². The van der Waals surface area contributed by atoms with Gasteiger partial charge in [-0.2, -0.15) is 5.10 Å². The molecule has 0 aliphatic rings. The predicted octanol–water partition coefficient (Wildman–Crippen LogP) is -0.0376. The zero-order valence-electron chi connectivity index (χ0n) is 11.8. The number of nitrogens with two attached hydrogens (primary N) is 1. The van der Waals surface area contributed by atoms with Gasteiger partial charge in [-0.25, -0.2) is 0 Å². The number of ether oxygens (including phenoxy) is 1. The third-order valence-electron chi connectivity index (χ3n) is 3.34. The maximum Gasteiger partial charge on any atom is 0.488 e. The summed E-state index contributed by atoms with van der Waals surface area (Å²) < 4.78 is 5.32. The highest BCUT2D eigenvalue weighted by atomic mass is 16.5. The summed E-state index contributed by atoms with van der Waals surface area (Å²) >= 11 is 0. The average Bonchev–Trinajstić information content (AvgIpc) is 2.54. The van der Waals surface area contributed by atoms with Crippen molar-refractivity contribution in [2.75, 3.05) is 12.8 Å². The predicted molar refractivity (Wildman–Crippen MR) is 83.6 cm³/mol. The summed E-state index contributed by atoms with van der Waals surface area (Å²) in [6.07, 6.45) is 3.07. The maximum atomic E-state index is 9.33. The number of methoxy groups -OCH3 is 1. The number of pyridine rings is 1. The largest absolute Gasteiger partial charge is 0.496 e. The fourth-order valence-corrected chi connectivity index (χ4v) is 2.23. The molecule has 3 aromatic rings. The topological polar surface area (TPSA) is 114 Å². The summed E-state index contributed by atoms with van der Waals surface area (Å²) in [5.41, 5.74) is 9.12. The first-order valence-corrected chi connectivity index (χ1v) is 6.51. The van der Waals surface area contributed by atoms with Crippen LogP contribution in [-0.4, -0.2) is 39.5 Å². The van der Waals surface area contributed by atoms with E-state index >= 15 is 0 Å². The molecule has 0 saturated carbocycles. The highest BCUT2D eigenvalue weighted by molar-refractivity contribution is 6.58. The van der Waals surface area contributed by atoms with Gasteiger partial charge >= 0.3 is 7.12 Å². The third kappa shape index (κ3) is 2.45. The van der Waals surface area contributed by atoms with Gasteiger partial charge in [-0.15, -0.1) is 5.10 Å². The van der Waals surface area contributed by atoms with Crippen molar-refractivity contribution in [3.05, 3.63) is 36.7 Å². The number of hydrogen-bond acceptors (Lipinski definition) is 7. The van der Waals surface area contributed by atoms with Crippen molar-refractivity contribution in [3.8, 4) is 16.9 Å². The number of fused-ring (bicyclic) bond motifs is 1. The van der Waals surface area contributed by atoms with Crippen molar-refractivity contribution in [2.45, 2.75) is 0 Å². The lowest BCUT2D eigenvalue weighted by Crippen LogP contribution is -2.29. The van der Waals surface area contributed by atoms with Crippen LogP contribution in [0.5, 0.6) is 5.75 Å². The standard InChI is InChI=1S/C14H13BN4O3/c1-22-13-3-2-9(15(20)21)5-10(13)8-4-12-14(17-6-8)11(16)7-18-19-12/h2-7,20-21H,1H3,(H2,16,19). The molecule has 0 bridgehead atoms. The smallest absolute Gasteiger partial charge is 0.488 e. The number of nitrogens with zero attached hydrogens (tertiary/aromatic N) is 3. The molecule has 22 heavy (non-hydrogen) atoms. The van der Waals surface area contributed by atoms with Crippen LogP contribution in [0.1, 0.15) is 0 Å². The number of anilines is 1. The molecule has 110 valence electrons. The molecule has 1 aromatic carbocycles. The number of hydrogen-bond donors (Lipinski definition) is 3. The summed E-state index contributed by atoms with van der Waals surface area (Å²) in [7, 11) is -0.0198. The molecule has 0 atom stereocenters. The fraction of sp³-hybridized carbons (Fsp3) is 0.0714. The molecule has 2 heterocycles. The van der Waals surface area contributed by atoms with Crippen LogP contribution >= 0.6 is 0 Å². The van der Waals surface area contributed by atoms with Crippen LogP contribution in [0.15, 0.2) is 36.7 Å². The summed E-state index contributed by atoms with van der Waals surface area (Å²) in [5.74, 6) is 0.586. The SMILES string of the molecule is COc1ccc(B(O)O)cc1-c1cnc2c(N)cnnc2c1. The first-order valence-electron chi connectivity index (χ1n) is 6.51. The van der Waals surface area contributed by atoms with Crippen molar-refractivity contribution in [1.82, 2.24) is 15.2 Å².